The van der Waals surface area contributed by atoms with Gasteiger partial charge in [-0.05, 0) is 53.5 Å². The first-order chi connectivity index (χ1) is 8.58. The van der Waals surface area contributed by atoms with Gasteiger partial charge < -0.3 is 5.32 Å². The Balaban J connectivity index is 2.20. The third-order valence-electron chi connectivity index (χ3n) is 3.61. The average Bonchev–Trinajstić information content (AvgIpc) is 2.34. The first kappa shape index (κ1) is 13.6. The second-order valence-corrected chi connectivity index (χ2v) is 6.18. The largest absolute Gasteiger partial charge is 0.376 e. The van der Waals surface area contributed by atoms with E-state index in [9.17, 15) is 10.1 Å². The molecule has 0 radical (unpaired) electrons. The maximum absolute atomic E-state index is 11.1. The zero-order chi connectivity index (χ0) is 13.1. The highest BCUT2D eigenvalue weighted by Crippen LogP contribution is 2.31. The predicted octanol–water partition coefficient (Wildman–Crippen LogP) is 4.19. The monoisotopic (exact) mass is 360 g/mol. The number of rotatable bonds is 3. The number of hydrogen-bond acceptors (Lipinski definition) is 3. The van der Waals surface area contributed by atoms with Gasteiger partial charge in [0.05, 0.1) is 4.92 Å². The molecule has 98 valence electrons. The number of nitro benzene ring substituents is 1. The Morgan fingerprint density at radius 3 is 2.78 bits per heavy atom. The summed E-state index contributed by atoms with van der Waals surface area (Å²) in [6.07, 6.45) is 4.79. The summed E-state index contributed by atoms with van der Waals surface area (Å²) in [7, 11) is 0. The maximum atomic E-state index is 11.1. The smallest absolute Gasteiger partial charge is 0.293 e. The molecular weight excluding hydrogens is 343 g/mol. The summed E-state index contributed by atoms with van der Waals surface area (Å²) in [5.41, 5.74) is 0.832. The molecule has 0 aliphatic heterocycles. The minimum absolute atomic E-state index is 0.180. The Kier molecular flexibility index (Phi) is 4.42. The van der Waals surface area contributed by atoms with Crippen molar-refractivity contribution in [3.63, 3.8) is 0 Å². The molecule has 0 aromatic heterocycles. The van der Waals surface area contributed by atoms with Gasteiger partial charge in [-0.1, -0.05) is 19.8 Å². The van der Waals surface area contributed by atoms with Gasteiger partial charge in [0.2, 0.25) is 0 Å². The number of nitro groups is 1. The van der Waals surface area contributed by atoms with Gasteiger partial charge in [-0.3, -0.25) is 10.1 Å². The lowest BCUT2D eigenvalue weighted by atomic mass is 9.86. The predicted molar refractivity (Wildman–Crippen MR) is 80.9 cm³/mol. The minimum atomic E-state index is -0.308. The number of hydrogen-bond donors (Lipinski definition) is 1. The minimum Gasteiger partial charge on any atom is -0.376 e. The molecule has 2 unspecified atom stereocenters. The van der Waals surface area contributed by atoms with Crippen LogP contribution in [-0.2, 0) is 0 Å². The van der Waals surface area contributed by atoms with Crippen molar-refractivity contribution in [2.45, 2.75) is 38.6 Å². The molecule has 0 spiro atoms. The van der Waals surface area contributed by atoms with Crippen LogP contribution in [-0.4, -0.2) is 11.0 Å². The topological polar surface area (TPSA) is 55.2 Å². The van der Waals surface area contributed by atoms with E-state index in [1.807, 2.05) is 12.1 Å². The molecule has 2 atom stereocenters. The van der Waals surface area contributed by atoms with E-state index in [-0.39, 0.29) is 10.6 Å². The fraction of sp³-hybridized carbons (Fsp3) is 0.538. The Morgan fingerprint density at radius 2 is 2.11 bits per heavy atom. The summed E-state index contributed by atoms with van der Waals surface area (Å²) in [5.74, 6) is 0.581. The van der Waals surface area contributed by atoms with Gasteiger partial charge in [0.15, 0.2) is 0 Å². The first-order valence-electron chi connectivity index (χ1n) is 6.28. The summed E-state index contributed by atoms with van der Waals surface area (Å²) in [6.45, 7) is 2.22. The van der Waals surface area contributed by atoms with Crippen molar-refractivity contribution in [2.75, 3.05) is 5.32 Å². The second-order valence-electron chi connectivity index (χ2n) is 4.93. The van der Waals surface area contributed by atoms with E-state index in [4.69, 9.17) is 0 Å². The zero-order valence-corrected chi connectivity index (χ0v) is 12.5. The quantitative estimate of drug-likeness (QED) is 0.500. The van der Waals surface area contributed by atoms with Crippen molar-refractivity contribution in [3.8, 4) is 0 Å². The number of anilines is 1. The van der Waals surface area contributed by atoms with Crippen LogP contribution in [0.5, 0.6) is 0 Å². The molecule has 0 amide bonds. The summed E-state index contributed by atoms with van der Waals surface area (Å²) in [4.78, 5) is 10.8. The van der Waals surface area contributed by atoms with Crippen LogP contribution in [0, 0.1) is 19.6 Å². The highest BCUT2D eigenvalue weighted by molar-refractivity contribution is 14.1. The third kappa shape index (κ3) is 3.13. The van der Waals surface area contributed by atoms with Gasteiger partial charge in [0.1, 0.15) is 5.69 Å². The van der Waals surface area contributed by atoms with Gasteiger partial charge in [0.25, 0.3) is 5.69 Å². The standard InChI is InChI=1S/C13H17IN2O2/c1-9-4-2-3-5-11(9)15-12-7-6-10(14)8-13(12)16(17)18/h6-9,11,15H,2-5H2,1H3. The van der Waals surface area contributed by atoms with Gasteiger partial charge in [0, 0.05) is 15.7 Å². The molecule has 1 N–H and O–H groups in total. The molecule has 1 fully saturated rings. The van der Waals surface area contributed by atoms with E-state index in [0.29, 0.717) is 17.6 Å². The van der Waals surface area contributed by atoms with Crippen LogP contribution >= 0.6 is 22.6 Å². The van der Waals surface area contributed by atoms with Crippen LogP contribution in [0.25, 0.3) is 0 Å². The molecule has 0 saturated heterocycles. The van der Waals surface area contributed by atoms with Crippen LogP contribution in [0.2, 0.25) is 0 Å². The molecule has 18 heavy (non-hydrogen) atoms. The lowest BCUT2D eigenvalue weighted by Gasteiger charge is -2.30. The van der Waals surface area contributed by atoms with E-state index in [0.717, 1.165) is 9.99 Å². The molecule has 4 nitrogen and oxygen atoms in total. The number of nitrogens with one attached hydrogen (secondary N) is 1. The number of benzene rings is 1. The Morgan fingerprint density at radius 1 is 1.39 bits per heavy atom. The third-order valence-corrected chi connectivity index (χ3v) is 4.28. The number of halogens is 1. The fourth-order valence-corrected chi connectivity index (χ4v) is 2.98. The van der Waals surface area contributed by atoms with E-state index < -0.39 is 0 Å². The van der Waals surface area contributed by atoms with Crippen molar-refractivity contribution >= 4 is 34.0 Å². The second kappa shape index (κ2) is 5.86. The van der Waals surface area contributed by atoms with Crippen LogP contribution in [0.15, 0.2) is 18.2 Å². The van der Waals surface area contributed by atoms with E-state index in [1.165, 1.54) is 19.3 Å². The summed E-state index contributed by atoms with van der Waals surface area (Å²) in [6, 6.07) is 5.71. The summed E-state index contributed by atoms with van der Waals surface area (Å²) in [5, 5.41) is 14.4. The van der Waals surface area contributed by atoms with Crippen LogP contribution in [0.1, 0.15) is 32.6 Å². The SMILES string of the molecule is CC1CCCCC1Nc1ccc(I)cc1[N+](=O)[O-]. The fourth-order valence-electron chi connectivity index (χ4n) is 2.51. The molecule has 0 bridgehead atoms. The highest BCUT2D eigenvalue weighted by atomic mass is 127. The van der Waals surface area contributed by atoms with Crippen molar-refractivity contribution in [3.05, 3.63) is 31.9 Å². The summed E-state index contributed by atoms with van der Waals surface area (Å²) >= 11 is 2.10. The van der Waals surface area contributed by atoms with E-state index in [2.05, 4.69) is 34.8 Å². The number of nitrogens with zero attached hydrogens (tertiary/aromatic N) is 1. The maximum Gasteiger partial charge on any atom is 0.293 e. The first-order valence-corrected chi connectivity index (χ1v) is 7.36. The van der Waals surface area contributed by atoms with Crippen molar-refractivity contribution in [1.82, 2.24) is 0 Å². The van der Waals surface area contributed by atoms with E-state index >= 15 is 0 Å². The average molecular weight is 360 g/mol. The van der Waals surface area contributed by atoms with Crippen LogP contribution < -0.4 is 5.32 Å². The van der Waals surface area contributed by atoms with Crippen molar-refractivity contribution in [2.24, 2.45) is 5.92 Å². The summed E-state index contributed by atoms with van der Waals surface area (Å²) < 4.78 is 0.890. The van der Waals surface area contributed by atoms with Crippen LogP contribution in [0.4, 0.5) is 11.4 Å². The molecule has 1 aliphatic carbocycles. The van der Waals surface area contributed by atoms with Crippen molar-refractivity contribution < 1.29 is 4.92 Å². The van der Waals surface area contributed by atoms with Gasteiger partial charge in [-0.25, -0.2) is 0 Å². The lowest BCUT2D eigenvalue weighted by Crippen LogP contribution is -2.30. The molecule has 1 aromatic rings. The molecule has 0 heterocycles. The molecule has 1 saturated carbocycles. The van der Waals surface area contributed by atoms with Gasteiger partial charge in [-0.2, -0.15) is 0 Å². The molecule has 1 aromatic carbocycles. The molecule has 1 aliphatic rings. The van der Waals surface area contributed by atoms with Gasteiger partial charge >= 0.3 is 0 Å². The Bertz CT molecular complexity index is 451. The van der Waals surface area contributed by atoms with Gasteiger partial charge in [-0.15, -0.1) is 0 Å². The molecule has 5 heteroatoms. The van der Waals surface area contributed by atoms with E-state index in [1.54, 1.807) is 6.07 Å². The highest BCUT2D eigenvalue weighted by Gasteiger charge is 2.24. The molecular formula is C13H17IN2O2. The Labute approximate surface area is 120 Å². The Hall–Kier alpha value is -0.850. The normalized spacial score (nSPS) is 23.7. The van der Waals surface area contributed by atoms with Crippen LogP contribution in [0.3, 0.4) is 0 Å². The zero-order valence-electron chi connectivity index (χ0n) is 10.4. The molecule has 2 rings (SSSR count). The van der Waals surface area contributed by atoms with Crippen molar-refractivity contribution in [1.29, 1.82) is 0 Å². The lowest BCUT2D eigenvalue weighted by molar-refractivity contribution is -0.384.